The van der Waals surface area contributed by atoms with Crippen LogP contribution in [0.1, 0.15) is 4.88 Å². The second-order valence-corrected chi connectivity index (χ2v) is 7.11. The molecule has 1 aromatic carbocycles. The molecular weight excluding hydrogens is 358 g/mol. The number of nitrogens with zero attached hydrogens (tertiary/aromatic N) is 2. The lowest BCUT2D eigenvalue weighted by atomic mass is 10.1. The summed E-state index contributed by atoms with van der Waals surface area (Å²) < 4.78 is 0. The summed E-state index contributed by atoms with van der Waals surface area (Å²) in [5, 5.41) is 4.61. The van der Waals surface area contributed by atoms with Gasteiger partial charge in [0.15, 0.2) is 5.92 Å². The van der Waals surface area contributed by atoms with Crippen LogP contribution >= 0.6 is 23.1 Å². The molecule has 3 rings (SSSR count). The fourth-order valence-corrected chi connectivity index (χ4v) is 3.62. The highest BCUT2D eigenvalue weighted by molar-refractivity contribution is 7.98. The predicted octanol–water partition coefficient (Wildman–Crippen LogP) is 3.26. The summed E-state index contributed by atoms with van der Waals surface area (Å²) in [6, 6.07) is 10.3. The van der Waals surface area contributed by atoms with Gasteiger partial charge in [0.05, 0.1) is 12.2 Å². The van der Waals surface area contributed by atoms with Gasteiger partial charge in [0, 0.05) is 16.0 Å². The summed E-state index contributed by atoms with van der Waals surface area (Å²) in [5.41, 5.74) is 0.628. The second-order valence-electron chi connectivity index (χ2n) is 5.23. The SMILES string of the molecule is CSc1ccccc1NC(=O)C1C=NC(=O)N(Cc2cccs2)C1=O. The average molecular weight is 373 g/mol. The van der Waals surface area contributed by atoms with E-state index in [0.717, 1.165) is 20.9 Å². The maximum absolute atomic E-state index is 12.6. The molecule has 25 heavy (non-hydrogen) atoms. The van der Waals surface area contributed by atoms with Gasteiger partial charge < -0.3 is 5.32 Å². The van der Waals surface area contributed by atoms with Crippen LogP contribution in [-0.2, 0) is 16.1 Å². The van der Waals surface area contributed by atoms with Crippen LogP contribution in [0, 0.1) is 5.92 Å². The molecule has 1 atom stereocenters. The number of amides is 4. The number of imide groups is 1. The molecule has 4 amide bonds. The normalized spacial score (nSPS) is 17.0. The van der Waals surface area contributed by atoms with Gasteiger partial charge in [-0.3, -0.25) is 14.5 Å². The summed E-state index contributed by atoms with van der Waals surface area (Å²) >= 11 is 2.93. The molecule has 0 bridgehead atoms. The fourth-order valence-electron chi connectivity index (χ4n) is 2.38. The van der Waals surface area contributed by atoms with Crippen LogP contribution in [0.4, 0.5) is 10.5 Å². The van der Waals surface area contributed by atoms with Gasteiger partial charge in [0.2, 0.25) is 11.8 Å². The maximum atomic E-state index is 12.6. The lowest BCUT2D eigenvalue weighted by Gasteiger charge is -2.25. The molecule has 6 nitrogen and oxygen atoms in total. The van der Waals surface area contributed by atoms with E-state index in [1.165, 1.54) is 23.1 Å². The van der Waals surface area contributed by atoms with E-state index in [9.17, 15) is 14.4 Å². The zero-order valence-electron chi connectivity index (χ0n) is 13.3. The molecule has 1 aromatic heterocycles. The first-order valence-electron chi connectivity index (χ1n) is 7.46. The fraction of sp³-hybridized carbons (Fsp3) is 0.176. The Hall–Kier alpha value is -2.45. The number of thioether (sulfide) groups is 1. The Balaban J connectivity index is 1.77. The highest BCUT2D eigenvalue weighted by Crippen LogP contribution is 2.25. The maximum Gasteiger partial charge on any atom is 0.350 e. The lowest BCUT2D eigenvalue weighted by Crippen LogP contribution is -2.47. The van der Waals surface area contributed by atoms with Gasteiger partial charge in [-0.1, -0.05) is 18.2 Å². The van der Waals surface area contributed by atoms with Gasteiger partial charge in [0.1, 0.15) is 0 Å². The molecular formula is C17H15N3O3S2. The van der Waals surface area contributed by atoms with Crippen molar-refractivity contribution in [3.63, 3.8) is 0 Å². The van der Waals surface area contributed by atoms with Crippen molar-refractivity contribution in [2.75, 3.05) is 11.6 Å². The first kappa shape index (κ1) is 17.4. The summed E-state index contributed by atoms with van der Waals surface area (Å²) in [6.07, 6.45) is 3.02. The van der Waals surface area contributed by atoms with E-state index in [1.807, 2.05) is 35.9 Å². The Morgan fingerprint density at radius 1 is 1.28 bits per heavy atom. The highest BCUT2D eigenvalue weighted by atomic mass is 32.2. The number of hydrogen-bond acceptors (Lipinski definition) is 5. The Kier molecular flexibility index (Phi) is 5.30. The Morgan fingerprint density at radius 3 is 2.80 bits per heavy atom. The van der Waals surface area contributed by atoms with Crippen LogP contribution in [0.5, 0.6) is 0 Å². The van der Waals surface area contributed by atoms with Crippen LogP contribution < -0.4 is 5.32 Å². The Bertz CT molecular complexity index is 833. The number of anilines is 1. The molecule has 8 heteroatoms. The smallest absolute Gasteiger partial charge is 0.324 e. The molecule has 0 saturated carbocycles. The first-order chi connectivity index (χ1) is 12.1. The van der Waals surface area contributed by atoms with Crippen molar-refractivity contribution < 1.29 is 14.4 Å². The molecule has 128 valence electrons. The number of urea groups is 1. The number of hydrogen-bond donors (Lipinski definition) is 1. The monoisotopic (exact) mass is 373 g/mol. The molecule has 0 saturated heterocycles. The van der Waals surface area contributed by atoms with Crippen molar-refractivity contribution in [2.24, 2.45) is 10.9 Å². The third-order valence-electron chi connectivity index (χ3n) is 3.64. The molecule has 0 radical (unpaired) electrons. The molecule has 0 aliphatic carbocycles. The average Bonchev–Trinajstić information content (AvgIpc) is 3.12. The van der Waals surface area contributed by atoms with Crippen LogP contribution in [0.3, 0.4) is 0 Å². The summed E-state index contributed by atoms with van der Waals surface area (Å²) in [6.45, 7) is 0.123. The number of carbonyl (C=O) groups is 3. The third kappa shape index (κ3) is 3.80. The van der Waals surface area contributed by atoms with E-state index in [2.05, 4.69) is 10.3 Å². The number of aliphatic imine (C=N–C) groups is 1. The van der Waals surface area contributed by atoms with Crippen molar-refractivity contribution >= 4 is 52.8 Å². The zero-order chi connectivity index (χ0) is 17.8. The predicted molar refractivity (Wildman–Crippen MR) is 99.1 cm³/mol. The molecule has 2 heterocycles. The van der Waals surface area contributed by atoms with Gasteiger partial charge in [-0.05, 0) is 29.8 Å². The van der Waals surface area contributed by atoms with Gasteiger partial charge in [-0.15, -0.1) is 23.1 Å². The molecule has 1 unspecified atom stereocenters. The van der Waals surface area contributed by atoms with Crippen molar-refractivity contribution in [1.82, 2.24) is 4.90 Å². The number of thiophene rings is 1. The van der Waals surface area contributed by atoms with E-state index in [1.54, 1.807) is 12.1 Å². The molecule has 2 aromatic rings. The van der Waals surface area contributed by atoms with Crippen LogP contribution in [-0.4, -0.2) is 35.2 Å². The third-order valence-corrected chi connectivity index (χ3v) is 5.30. The van der Waals surface area contributed by atoms with E-state index in [-0.39, 0.29) is 6.54 Å². The molecule has 0 fully saturated rings. The van der Waals surface area contributed by atoms with Crippen molar-refractivity contribution in [2.45, 2.75) is 11.4 Å². The first-order valence-corrected chi connectivity index (χ1v) is 9.56. The minimum absolute atomic E-state index is 0.123. The molecule has 0 spiro atoms. The van der Waals surface area contributed by atoms with Gasteiger partial charge in [-0.2, -0.15) is 0 Å². The molecule has 1 aliphatic rings. The summed E-state index contributed by atoms with van der Waals surface area (Å²) in [5.74, 6) is -2.18. The van der Waals surface area contributed by atoms with Crippen LogP contribution in [0.15, 0.2) is 51.7 Å². The minimum Gasteiger partial charge on any atom is -0.324 e. The van der Waals surface area contributed by atoms with Crippen LogP contribution in [0.25, 0.3) is 0 Å². The number of nitrogens with one attached hydrogen (secondary N) is 1. The minimum atomic E-state index is -1.12. The lowest BCUT2D eigenvalue weighted by molar-refractivity contribution is -0.135. The number of rotatable bonds is 5. The Labute approximate surface area is 152 Å². The Morgan fingerprint density at radius 2 is 2.08 bits per heavy atom. The molecule has 1 N–H and O–H groups in total. The highest BCUT2D eigenvalue weighted by Gasteiger charge is 2.36. The van der Waals surface area contributed by atoms with Crippen molar-refractivity contribution in [1.29, 1.82) is 0 Å². The summed E-state index contributed by atoms with van der Waals surface area (Å²) in [7, 11) is 0. The van der Waals surface area contributed by atoms with Gasteiger partial charge in [0.25, 0.3) is 0 Å². The van der Waals surface area contributed by atoms with Gasteiger partial charge in [-0.25, -0.2) is 9.79 Å². The number of carbonyl (C=O) groups excluding carboxylic acids is 3. The van der Waals surface area contributed by atoms with Crippen molar-refractivity contribution in [3.05, 3.63) is 46.7 Å². The quantitative estimate of drug-likeness (QED) is 0.644. The van der Waals surface area contributed by atoms with Crippen molar-refractivity contribution in [3.8, 4) is 0 Å². The summed E-state index contributed by atoms with van der Waals surface area (Å²) in [4.78, 5) is 43.5. The largest absolute Gasteiger partial charge is 0.350 e. The second kappa shape index (κ2) is 7.62. The number of para-hydroxylation sites is 1. The zero-order valence-corrected chi connectivity index (χ0v) is 15.0. The standard InChI is InChI=1S/C17H15N3O3S2/c1-24-14-7-3-2-6-13(14)19-15(21)12-9-18-17(23)20(16(12)22)10-11-5-4-8-25-11/h2-9,12H,10H2,1H3,(H,19,21). The topological polar surface area (TPSA) is 78.8 Å². The van der Waals surface area contributed by atoms with E-state index in [0.29, 0.717) is 5.69 Å². The van der Waals surface area contributed by atoms with Crippen LogP contribution in [0.2, 0.25) is 0 Å². The molecule has 1 aliphatic heterocycles. The van der Waals surface area contributed by atoms with E-state index in [4.69, 9.17) is 0 Å². The van der Waals surface area contributed by atoms with E-state index < -0.39 is 23.8 Å². The van der Waals surface area contributed by atoms with Gasteiger partial charge >= 0.3 is 6.03 Å². The van der Waals surface area contributed by atoms with E-state index >= 15 is 0 Å². The number of benzene rings is 1.